The van der Waals surface area contributed by atoms with E-state index in [0.717, 1.165) is 12.1 Å². The Bertz CT molecular complexity index is 682. The summed E-state index contributed by atoms with van der Waals surface area (Å²) in [6.07, 6.45) is 0. The monoisotopic (exact) mass is 333 g/mol. The van der Waals surface area contributed by atoms with Crippen LogP contribution in [0.2, 0.25) is 0 Å². The first-order valence-corrected chi connectivity index (χ1v) is 7.65. The Labute approximate surface area is 141 Å². The molecule has 0 aliphatic heterocycles. The molecule has 2 aromatic rings. The average Bonchev–Trinajstić information content (AvgIpc) is 2.99. The van der Waals surface area contributed by atoms with Crippen LogP contribution >= 0.6 is 0 Å². The molecule has 7 nitrogen and oxygen atoms in total. The van der Waals surface area contributed by atoms with Crippen molar-refractivity contribution in [2.75, 3.05) is 34.4 Å². The highest BCUT2D eigenvalue weighted by Gasteiger charge is 2.12. The molecule has 0 aliphatic rings. The zero-order valence-corrected chi connectivity index (χ0v) is 14.5. The lowest BCUT2D eigenvalue weighted by atomic mass is 10.2. The summed E-state index contributed by atoms with van der Waals surface area (Å²) in [5.74, 6) is 1.21. The molecule has 24 heavy (non-hydrogen) atoms. The van der Waals surface area contributed by atoms with Crippen LogP contribution in [0, 0.1) is 6.92 Å². The molecule has 0 fully saturated rings. The fraction of sp³-hybridized carbons (Fsp3) is 0.412. The van der Waals surface area contributed by atoms with Gasteiger partial charge in [-0.2, -0.15) is 0 Å². The van der Waals surface area contributed by atoms with Gasteiger partial charge in [-0.3, -0.25) is 4.79 Å². The summed E-state index contributed by atoms with van der Waals surface area (Å²) in [6, 6.07) is 7.17. The number of likely N-dealkylation sites (N-methyl/N-ethyl adjacent to an activating group) is 1. The van der Waals surface area contributed by atoms with Crippen LogP contribution in [0.4, 0.5) is 0 Å². The lowest BCUT2D eigenvalue weighted by Gasteiger charge is -2.14. The number of aryl methyl sites for hydroxylation is 1. The molecular formula is C17H23N3O4. The Kier molecular flexibility index (Phi) is 6.20. The SMILES string of the molecule is COc1cc(CNC(=O)c2cc(C)no2)ccc1OCCN(C)C. The number of hydrogen-bond acceptors (Lipinski definition) is 6. The molecule has 0 radical (unpaired) electrons. The van der Waals surface area contributed by atoms with Gasteiger partial charge in [-0.1, -0.05) is 11.2 Å². The lowest BCUT2D eigenvalue weighted by Crippen LogP contribution is -2.22. The van der Waals surface area contributed by atoms with E-state index in [4.69, 9.17) is 14.0 Å². The van der Waals surface area contributed by atoms with Crippen LogP contribution in [0.5, 0.6) is 11.5 Å². The Morgan fingerprint density at radius 3 is 2.71 bits per heavy atom. The van der Waals surface area contributed by atoms with E-state index in [-0.39, 0.29) is 11.7 Å². The molecule has 0 spiro atoms. The quantitative estimate of drug-likeness (QED) is 0.795. The van der Waals surface area contributed by atoms with Crippen LogP contribution in [0.25, 0.3) is 0 Å². The molecule has 1 aromatic heterocycles. The molecule has 130 valence electrons. The summed E-state index contributed by atoms with van der Waals surface area (Å²) in [7, 11) is 5.57. The van der Waals surface area contributed by atoms with Crippen LogP contribution < -0.4 is 14.8 Å². The Balaban J connectivity index is 1.94. The third-order valence-corrected chi connectivity index (χ3v) is 3.33. The van der Waals surface area contributed by atoms with Gasteiger partial charge in [0.15, 0.2) is 11.5 Å². The number of nitrogens with one attached hydrogen (secondary N) is 1. The van der Waals surface area contributed by atoms with E-state index in [1.54, 1.807) is 20.1 Å². The molecule has 0 bridgehead atoms. The maximum atomic E-state index is 12.0. The molecule has 7 heteroatoms. The van der Waals surface area contributed by atoms with Gasteiger partial charge in [0.2, 0.25) is 5.76 Å². The molecule has 0 atom stereocenters. The van der Waals surface area contributed by atoms with Gasteiger partial charge in [0.1, 0.15) is 6.61 Å². The Hall–Kier alpha value is -2.54. The largest absolute Gasteiger partial charge is 0.493 e. The van der Waals surface area contributed by atoms with E-state index in [1.807, 2.05) is 37.2 Å². The van der Waals surface area contributed by atoms with Gasteiger partial charge >= 0.3 is 0 Å². The van der Waals surface area contributed by atoms with Gasteiger partial charge < -0.3 is 24.2 Å². The molecule has 2 rings (SSSR count). The van der Waals surface area contributed by atoms with E-state index < -0.39 is 0 Å². The summed E-state index contributed by atoms with van der Waals surface area (Å²) < 4.78 is 16.0. The van der Waals surface area contributed by atoms with Crippen LogP contribution in [-0.2, 0) is 6.54 Å². The predicted molar refractivity (Wildman–Crippen MR) is 89.5 cm³/mol. The number of ether oxygens (including phenoxy) is 2. The minimum Gasteiger partial charge on any atom is -0.493 e. The standard InChI is InChI=1S/C17H23N3O4/c1-12-9-16(24-19-12)17(21)18-11-13-5-6-14(15(10-13)22-4)23-8-7-20(2)3/h5-6,9-10H,7-8,11H2,1-4H3,(H,18,21). The van der Waals surface area contributed by atoms with Crippen molar-refractivity contribution in [3.8, 4) is 11.5 Å². The summed E-state index contributed by atoms with van der Waals surface area (Å²) >= 11 is 0. The maximum Gasteiger partial charge on any atom is 0.290 e. The highest BCUT2D eigenvalue weighted by atomic mass is 16.5. The third kappa shape index (κ3) is 4.99. The first kappa shape index (κ1) is 17.8. The summed E-state index contributed by atoms with van der Waals surface area (Å²) in [5, 5.41) is 6.48. The molecule has 1 aromatic carbocycles. The van der Waals surface area contributed by atoms with E-state index in [0.29, 0.717) is 30.3 Å². The molecule has 0 unspecified atom stereocenters. The van der Waals surface area contributed by atoms with E-state index in [1.165, 1.54) is 0 Å². The molecule has 0 saturated carbocycles. The zero-order valence-electron chi connectivity index (χ0n) is 14.5. The van der Waals surface area contributed by atoms with Gasteiger partial charge in [0.05, 0.1) is 12.8 Å². The number of rotatable bonds is 8. The molecule has 1 amide bonds. The van der Waals surface area contributed by atoms with Crippen LogP contribution in [0.15, 0.2) is 28.8 Å². The van der Waals surface area contributed by atoms with Crippen LogP contribution in [0.1, 0.15) is 21.8 Å². The normalized spacial score (nSPS) is 10.7. The molecular weight excluding hydrogens is 310 g/mol. The first-order valence-electron chi connectivity index (χ1n) is 7.65. The number of hydrogen-bond donors (Lipinski definition) is 1. The van der Waals surface area contributed by atoms with Gasteiger partial charge in [-0.15, -0.1) is 0 Å². The van der Waals surface area contributed by atoms with Crippen molar-refractivity contribution in [3.63, 3.8) is 0 Å². The lowest BCUT2D eigenvalue weighted by molar-refractivity contribution is 0.0914. The minimum absolute atomic E-state index is 0.197. The second kappa shape index (κ2) is 8.35. The number of benzene rings is 1. The van der Waals surface area contributed by atoms with Crippen molar-refractivity contribution in [2.45, 2.75) is 13.5 Å². The summed E-state index contributed by atoms with van der Waals surface area (Å²) in [6.45, 7) is 3.51. The summed E-state index contributed by atoms with van der Waals surface area (Å²) in [4.78, 5) is 14.0. The average molecular weight is 333 g/mol. The number of amides is 1. The highest BCUT2D eigenvalue weighted by molar-refractivity contribution is 5.91. The van der Waals surface area contributed by atoms with Crippen molar-refractivity contribution >= 4 is 5.91 Å². The Morgan fingerprint density at radius 1 is 1.29 bits per heavy atom. The smallest absolute Gasteiger partial charge is 0.290 e. The fourth-order valence-corrected chi connectivity index (χ4v) is 2.02. The molecule has 0 saturated heterocycles. The second-order valence-corrected chi connectivity index (χ2v) is 5.65. The fourth-order valence-electron chi connectivity index (χ4n) is 2.02. The van der Waals surface area contributed by atoms with Crippen molar-refractivity contribution in [2.24, 2.45) is 0 Å². The number of carbonyl (C=O) groups is 1. The number of nitrogens with zero attached hydrogens (tertiary/aromatic N) is 2. The second-order valence-electron chi connectivity index (χ2n) is 5.65. The predicted octanol–water partition coefficient (Wildman–Crippen LogP) is 1.86. The highest BCUT2D eigenvalue weighted by Crippen LogP contribution is 2.28. The molecule has 1 heterocycles. The minimum atomic E-state index is -0.305. The van der Waals surface area contributed by atoms with Gasteiger partial charge in [-0.05, 0) is 38.7 Å². The third-order valence-electron chi connectivity index (χ3n) is 3.33. The maximum absolute atomic E-state index is 12.0. The van der Waals surface area contributed by atoms with Gasteiger partial charge in [-0.25, -0.2) is 0 Å². The molecule has 1 N–H and O–H groups in total. The first-order chi connectivity index (χ1) is 11.5. The van der Waals surface area contributed by atoms with Gasteiger partial charge in [0, 0.05) is 19.2 Å². The van der Waals surface area contributed by atoms with Crippen molar-refractivity contribution < 1.29 is 18.8 Å². The number of aromatic nitrogens is 1. The van der Waals surface area contributed by atoms with Gasteiger partial charge in [0.25, 0.3) is 5.91 Å². The van der Waals surface area contributed by atoms with E-state index in [2.05, 4.69) is 10.5 Å². The van der Waals surface area contributed by atoms with Crippen molar-refractivity contribution in [1.82, 2.24) is 15.4 Å². The number of methoxy groups -OCH3 is 1. The van der Waals surface area contributed by atoms with Crippen LogP contribution in [-0.4, -0.2) is 50.3 Å². The van der Waals surface area contributed by atoms with Crippen LogP contribution in [0.3, 0.4) is 0 Å². The number of carbonyl (C=O) groups excluding carboxylic acids is 1. The van der Waals surface area contributed by atoms with E-state index in [9.17, 15) is 4.79 Å². The zero-order chi connectivity index (χ0) is 17.5. The van der Waals surface area contributed by atoms with Crippen molar-refractivity contribution in [1.29, 1.82) is 0 Å². The summed E-state index contributed by atoms with van der Waals surface area (Å²) in [5.41, 5.74) is 1.57. The Morgan fingerprint density at radius 2 is 2.08 bits per heavy atom. The molecule has 0 aliphatic carbocycles. The van der Waals surface area contributed by atoms with E-state index >= 15 is 0 Å². The topological polar surface area (TPSA) is 76.8 Å². The van der Waals surface area contributed by atoms with Crippen molar-refractivity contribution in [3.05, 3.63) is 41.3 Å².